The van der Waals surface area contributed by atoms with Gasteiger partial charge in [-0.15, -0.1) is 0 Å². The number of hydrogen-bond donors (Lipinski definition) is 1. The molecule has 0 fully saturated rings. The van der Waals surface area contributed by atoms with Crippen molar-refractivity contribution in [2.75, 3.05) is 32.2 Å². The van der Waals surface area contributed by atoms with E-state index in [1.807, 2.05) is 17.0 Å². The molecule has 0 aliphatic rings. The highest BCUT2D eigenvalue weighted by molar-refractivity contribution is 5.68. The molecule has 1 aromatic carbocycles. The zero-order chi connectivity index (χ0) is 14.3. The Kier molecular flexibility index (Phi) is 5.99. The molecule has 0 aliphatic heterocycles. The van der Waals surface area contributed by atoms with Gasteiger partial charge in [0.2, 0.25) is 0 Å². The van der Waals surface area contributed by atoms with Crippen LogP contribution in [0, 0.1) is 0 Å². The Labute approximate surface area is 113 Å². The largest absolute Gasteiger partial charge is 0.497 e. The molecular formula is C14H21NO4. The van der Waals surface area contributed by atoms with Crippen LogP contribution in [-0.2, 0) is 4.79 Å². The average Bonchev–Trinajstić information content (AvgIpc) is 2.42. The maximum atomic E-state index is 10.7. The molecule has 0 spiro atoms. The minimum atomic E-state index is -0.798. The zero-order valence-electron chi connectivity index (χ0n) is 11.7. The van der Waals surface area contributed by atoms with E-state index in [-0.39, 0.29) is 6.42 Å². The maximum Gasteiger partial charge on any atom is 0.305 e. The number of rotatable bonds is 8. The van der Waals surface area contributed by atoms with E-state index in [0.29, 0.717) is 12.3 Å². The van der Waals surface area contributed by atoms with Crippen molar-refractivity contribution >= 4 is 11.7 Å². The Bertz CT molecular complexity index is 420. The first-order chi connectivity index (χ1) is 9.12. The highest BCUT2D eigenvalue weighted by Gasteiger charge is 2.13. The second-order valence-corrected chi connectivity index (χ2v) is 4.17. The van der Waals surface area contributed by atoms with Crippen LogP contribution in [0.25, 0.3) is 0 Å². The Morgan fingerprint density at radius 2 is 2.00 bits per heavy atom. The average molecular weight is 267 g/mol. The van der Waals surface area contributed by atoms with Gasteiger partial charge in [0.05, 0.1) is 26.3 Å². The van der Waals surface area contributed by atoms with Crippen molar-refractivity contribution in [3.8, 4) is 11.5 Å². The van der Waals surface area contributed by atoms with Crippen molar-refractivity contribution in [2.24, 2.45) is 0 Å². The van der Waals surface area contributed by atoms with Gasteiger partial charge in [0, 0.05) is 19.2 Å². The first kappa shape index (κ1) is 15.1. The smallest absolute Gasteiger partial charge is 0.305 e. The van der Waals surface area contributed by atoms with Crippen molar-refractivity contribution < 1.29 is 19.4 Å². The normalized spacial score (nSPS) is 10.1. The summed E-state index contributed by atoms with van der Waals surface area (Å²) in [6.45, 7) is 3.31. The van der Waals surface area contributed by atoms with Crippen LogP contribution in [0.4, 0.5) is 5.69 Å². The van der Waals surface area contributed by atoms with Crippen LogP contribution in [0.3, 0.4) is 0 Å². The number of carboxylic acid groups (broad SMARTS) is 1. The summed E-state index contributed by atoms with van der Waals surface area (Å²) < 4.78 is 10.5. The Hall–Kier alpha value is -1.91. The van der Waals surface area contributed by atoms with E-state index in [0.717, 1.165) is 24.4 Å². The number of anilines is 1. The predicted octanol–water partition coefficient (Wildman–Crippen LogP) is 2.39. The number of hydrogen-bond acceptors (Lipinski definition) is 4. The van der Waals surface area contributed by atoms with Gasteiger partial charge in [-0.05, 0) is 18.6 Å². The predicted molar refractivity (Wildman–Crippen MR) is 74.3 cm³/mol. The minimum Gasteiger partial charge on any atom is -0.497 e. The van der Waals surface area contributed by atoms with Gasteiger partial charge in [-0.1, -0.05) is 6.92 Å². The number of carboxylic acids is 1. The summed E-state index contributed by atoms with van der Waals surface area (Å²) in [5, 5.41) is 8.81. The second kappa shape index (κ2) is 7.51. The van der Waals surface area contributed by atoms with Gasteiger partial charge in [0.25, 0.3) is 0 Å². The third-order valence-corrected chi connectivity index (χ3v) is 2.82. The molecule has 1 aromatic rings. The summed E-state index contributed by atoms with van der Waals surface area (Å²) >= 11 is 0. The monoisotopic (exact) mass is 267 g/mol. The third kappa shape index (κ3) is 4.35. The van der Waals surface area contributed by atoms with E-state index in [2.05, 4.69) is 6.92 Å². The van der Waals surface area contributed by atoms with Gasteiger partial charge in [-0.3, -0.25) is 4.79 Å². The zero-order valence-corrected chi connectivity index (χ0v) is 11.7. The van der Waals surface area contributed by atoms with Gasteiger partial charge in [-0.2, -0.15) is 0 Å². The Morgan fingerprint density at radius 1 is 1.26 bits per heavy atom. The molecule has 0 atom stereocenters. The Balaban J connectivity index is 2.96. The van der Waals surface area contributed by atoms with Crippen molar-refractivity contribution in [1.82, 2.24) is 0 Å². The van der Waals surface area contributed by atoms with Crippen LogP contribution in [0.2, 0.25) is 0 Å². The van der Waals surface area contributed by atoms with Crippen molar-refractivity contribution in [3.05, 3.63) is 18.2 Å². The number of carbonyl (C=O) groups is 1. The summed E-state index contributed by atoms with van der Waals surface area (Å²) in [5.74, 6) is 0.613. The van der Waals surface area contributed by atoms with E-state index in [9.17, 15) is 4.79 Å². The molecule has 19 heavy (non-hydrogen) atoms. The van der Waals surface area contributed by atoms with Crippen LogP contribution in [0.5, 0.6) is 11.5 Å². The number of methoxy groups -OCH3 is 2. The summed E-state index contributed by atoms with van der Waals surface area (Å²) in [4.78, 5) is 12.7. The molecule has 106 valence electrons. The molecule has 0 radical (unpaired) electrons. The number of aliphatic carboxylic acids is 1. The highest BCUT2D eigenvalue weighted by atomic mass is 16.5. The fourth-order valence-electron chi connectivity index (χ4n) is 1.90. The van der Waals surface area contributed by atoms with Gasteiger partial charge >= 0.3 is 5.97 Å². The van der Waals surface area contributed by atoms with Crippen molar-refractivity contribution in [2.45, 2.75) is 19.8 Å². The second-order valence-electron chi connectivity index (χ2n) is 4.17. The summed E-state index contributed by atoms with van der Waals surface area (Å²) in [5.41, 5.74) is 0.895. The minimum absolute atomic E-state index is 0.106. The van der Waals surface area contributed by atoms with Crippen LogP contribution < -0.4 is 14.4 Å². The SMILES string of the molecule is CCCN(CCC(=O)O)c1ccc(OC)cc1OC. The van der Waals surface area contributed by atoms with Crippen LogP contribution in [-0.4, -0.2) is 38.4 Å². The van der Waals surface area contributed by atoms with Crippen molar-refractivity contribution in [1.29, 1.82) is 0 Å². The number of nitrogens with zero attached hydrogens (tertiary/aromatic N) is 1. The molecule has 0 saturated carbocycles. The van der Waals surface area contributed by atoms with Gasteiger partial charge in [0.1, 0.15) is 11.5 Å². The van der Waals surface area contributed by atoms with E-state index in [1.54, 1.807) is 20.3 Å². The van der Waals surface area contributed by atoms with Crippen LogP contribution >= 0.6 is 0 Å². The molecule has 0 aromatic heterocycles. The third-order valence-electron chi connectivity index (χ3n) is 2.82. The topological polar surface area (TPSA) is 59.0 Å². The summed E-state index contributed by atoms with van der Waals surface area (Å²) in [6, 6.07) is 5.55. The number of ether oxygens (including phenoxy) is 2. The van der Waals surface area contributed by atoms with Gasteiger partial charge in [-0.25, -0.2) is 0 Å². The lowest BCUT2D eigenvalue weighted by molar-refractivity contribution is -0.136. The molecule has 1 rings (SSSR count). The van der Waals surface area contributed by atoms with E-state index in [4.69, 9.17) is 14.6 Å². The first-order valence-electron chi connectivity index (χ1n) is 6.31. The lowest BCUT2D eigenvalue weighted by Crippen LogP contribution is -2.27. The van der Waals surface area contributed by atoms with Gasteiger partial charge < -0.3 is 19.5 Å². The summed E-state index contributed by atoms with van der Waals surface area (Å²) in [6.07, 6.45) is 1.05. The molecular weight excluding hydrogens is 246 g/mol. The maximum absolute atomic E-state index is 10.7. The van der Waals surface area contributed by atoms with E-state index >= 15 is 0 Å². The fourth-order valence-corrected chi connectivity index (χ4v) is 1.90. The lowest BCUT2D eigenvalue weighted by atomic mass is 10.2. The molecule has 0 bridgehead atoms. The van der Waals surface area contributed by atoms with Gasteiger partial charge in [0.15, 0.2) is 0 Å². The molecule has 0 saturated heterocycles. The lowest BCUT2D eigenvalue weighted by Gasteiger charge is -2.25. The standard InChI is InChI=1S/C14H21NO4/c1-4-8-15(9-7-14(16)17)12-6-5-11(18-2)10-13(12)19-3/h5-6,10H,4,7-9H2,1-3H3,(H,16,17). The quantitative estimate of drug-likeness (QED) is 0.783. The molecule has 0 heterocycles. The Morgan fingerprint density at radius 3 is 2.53 bits per heavy atom. The molecule has 5 heteroatoms. The summed E-state index contributed by atoms with van der Waals surface area (Å²) in [7, 11) is 3.20. The van der Waals surface area contributed by atoms with E-state index in [1.165, 1.54) is 0 Å². The van der Waals surface area contributed by atoms with Crippen LogP contribution in [0.15, 0.2) is 18.2 Å². The molecule has 0 unspecified atom stereocenters. The fraction of sp³-hybridized carbons (Fsp3) is 0.500. The molecule has 0 aliphatic carbocycles. The number of benzene rings is 1. The van der Waals surface area contributed by atoms with Crippen molar-refractivity contribution in [3.63, 3.8) is 0 Å². The molecule has 5 nitrogen and oxygen atoms in total. The van der Waals surface area contributed by atoms with E-state index < -0.39 is 5.97 Å². The van der Waals surface area contributed by atoms with Crippen LogP contribution in [0.1, 0.15) is 19.8 Å². The molecule has 0 amide bonds. The molecule has 1 N–H and O–H groups in total. The first-order valence-corrected chi connectivity index (χ1v) is 6.31. The highest BCUT2D eigenvalue weighted by Crippen LogP contribution is 2.32.